The Labute approximate surface area is 88.5 Å². The van der Waals surface area contributed by atoms with Gasteiger partial charge in [0.15, 0.2) is 0 Å². The molecule has 1 rings (SSSR count). The van der Waals surface area contributed by atoms with Gasteiger partial charge in [0.25, 0.3) is 0 Å². The number of nitrogens with one attached hydrogen (secondary N) is 1. The lowest BCUT2D eigenvalue weighted by Crippen LogP contribution is -2.00. The molecule has 1 aromatic rings. The van der Waals surface area contributed by atoms with E-state index in [0.717, 1.165) is 5.69 Å². The van der Waals surface area contributed by atoms with Crippen molar-refractivity contribution >= 4 is 17.3 Å². The van der Waals surface area contributed by atoms with Crippen LogP contribution in [-0.4, -0.2) is 6.54 Å². The number of rotatable bonds is 2. The molecule has 0 saturated carbocycles. The Balaban J connectivity index is 2.85. The van der Waals surface area contributed by atoms with E-state index in [4.69, 9.17) is 16.9 Å². The Kier molecular flexibility index (Phi) is 3.85. The second-order valence-corrected chi connectivity index (χ2v) is 3.02. The fourth-order valence-electron chi connectivity index (χ4n) is 0.991. The zero-order chi connectivity index (χ0) is 10.4. The van der Waals surface area contributed by atoms with Gasteiger partial charge in [0.1, 0.15) is 6.07 Å². The summed E-state index contributed by atoms with van der Waals surface area (Å²) in [5, 5.41) is 12.4. The Morgan fingerprint density at radius 3 is 2.93 bits per heavy atom. The minimum absolute atomic E-state index is 0.535. The first-order valence-corrected chi connectivity index (χ1v) is 4.49. The summed E-state index contributed by atoms with van der Waals surface area (Å²) in [4.78, 5) is 0. The van der Waals surface area contributed by atoms with Gasteiger partial charge < -0.3 is 5.32 Å². The van der Waals surface area contributed by atoms with Crippen LogP contribution < -0.4 is 5.32 Å². The summed E-state index contributed by atoms with van der Waals surface area (Å²) in [5.41, 5.74) is 1.30. The SMILES string of the molecule is CC#CCNc1ccc(Cl)cc1C#N. The number of nitrogens with zero attached hydrogens (tertiary/aromatic N) is 1. The van der Waals surface area contributed by atoms with Crippen molar-refractivity contribution in [3.8, 4) is 17.9 Å². The lowest BCUT2D eigenvalue weighted by Gasteiger charge is -2.04. The standard InChI is InChI=1S/C11H9ClN2/c1-2-3-6-14-11-5-4-10(12)7-9(11)8-13/h4-5,7,14H,6H2,1H3. The minimum Gasteiger partial charge on any atom is -0.373 e. The first-order valence-electron chi connectivity index (χ1n) is 4.11. The van der Waals surface area contributed by atoms with E-state index in [2.05, 4.69) is 23.2 Å². The molecular weight excluding hydrogens is 196 g/mol. The molecule has 3 heteroatoms. The lowest BCUT2D eigenvalue weighted by molar-refractivity contribution is 1.36. The van der Waals surface area contributed by atoms with E-state index >= 15 is 0 Å². The third-order valence-corrected chi connectivity index (χ3v) is 1.88. The smallest absolute Gasteiger partial charge is 0.101 e. The molecule has 0 unspecified atom stereocenters. The Hall–Kier alpha value is -1.64. The summed E-state index contributed by atoms with van der Waals surface area (Å²) in [7, 11) is 0. The molecular formula is C11H9ClN2. The number of hydrogen-bond acceptors (Lipinski definition) is 2. The van der Waals surface area contributed by atoms with Gasteiger partial charge in [-0.1, -0.05) is 17.5 Å². The van der Waals surface area contributed by atoms with Crippen LogP contribution in [0.15, 0.2) is 18.2 Å². The molecule has 1 aromatic carbocycles. The Morgan fingerprint density at radius 1 is 1.50 bits per heavy atom. The summed E-state index contributed by atoms with van der Waals surface area (Å²) in [5.74, 6) is 5.62. The van der Waals surface area contributed by atoms with Crippen LogP contribution in [-0.2, 0) is 0 Å². The average Bonchev–Trinajstić information content (AvgIpc) is 2.20. The van der Waals surface area contributed by atoms with Crippen molar-refractivity contribution in [3.05, 3.63) is 28.8 Å². The fraction of sp³-hybridized carbons (Fsp3) is 0.182. The van der Waals surface area contributed by atoms with Gasteiger partial charge in [-0.15, -0.1) is 5.92 Å². The lowest BCUT2D eigenvalue weighted by atomic mass is 10.2. The van der Waals surface area contributed by atoms with Gasteiger partial charge in [0, 0.05) is 5.02 Å². The molecule has 0 amide bonds. The van der Waals surface area contributed by atoms with Crippen LogP contribution in [0.1, 0.15) is 12.5 Å². The molecule has 1 N–H and O–H groups in total. The number of nitriles is 1. The molecule has 2 nitrogen and oxygen atoms in total. The van der Waals surface area contributed by atoms with Gasteiger partial charge in [-0.3, -0.25) is 0 Å². The normalized spacial score (nSPS) is 8.36. The number of halogens is 1. The topological polar surface area (TPSA) is 35.8 Å². The zero-order valence-electron chi connectivity index (χ0n) is 7.76. The van der Waals surface area contributed by atoms with Gasteiger partial charge >= 0.3 is 0 Å². The molecule has 70 valence electrons. The highest BCUT2D eigenvalue weighted by atomic mass is 35.5. The summed E-state index contributed by atoms with van der Waals surface area (Å²) in [6.07, 6.45) is 0. The largest absolute Gasteiger partial charge is 0.373 e. The minimum atomic E-state index is 0.535. The average molecular weight is 205 g/mol. The Bertz CT molecular complexity index is 421. The van der Waals surface area contributed by atoms with Crippen molar-refractivity contribution in [1.82, 2.24) is 0 Å². The van der Waals surface area contributed by atoms with Crippen LogP contribution in [0.4, 0.5) is 5.69 Å². The number of benzene rings is 1. The highest BCUT2D eigenvalue weighted by molar-refractivity contribution is 6.30. The highest BCUT2D eigenvalue weighted by Gasteiger charge is 2.00. The van der Waals surface area contributed by atoms with E-state index < -0.39 is 0 Å². The van der Waals surface area contributed by atoms with Gasteiger partial charge in [-0.2, -0.15) is 5.26 Å². The van der Waals surface area contributed by atoms with Crippen LogP contribution in [0.25, 0.3) is 0 Å². The number of hydrogen-bond donors (Lipinski definition) is 1. The Morgan fingerprint density at radius 2 is 2.29 bits per heavy atom. The van der Waals surface area contributed by atoms with Crippen LogP contribution in [0, 0.1) is 23.2 Å². The third kappa shape index (κ3) is 2.69. The van der Waals surface area contributed by atoms with E-state index in [9.17, 15) is 0 Å². The first kappa shape index (κ1) is 10.4. The van der Waals surface area contributed by atoms with E-state index in [1.807, 2.05) is 0 Å². The summed E-state index contributed by atoms with van der Waals surface area (Å²) >= 11 is 5.75. The van der Waals surface area contributed by atoms with Crippen molar-refractivity contribution in [1.29, 1.82) is 5.26 Å². The van der Waals surface area contributed by atoms with E-state index in [1.165, 1.54) is 0 Å². The molecule has 0 heterocycles. The van der Waals surface area contributed by atoms with Crippen molar-refractivity contribution in [2.24, 2.45) is 0 Å². The predicted octanol–water partition coefficient (Wildman–Crippen LogP) is 2.65. The molecule has 0 radical (unpaired) electrons. The van der Waals surface area contributed by atoms with Crippen LogP contribution in [0.2, 0.25) is 5.02 Å². The van der Waals surface area contributed by atoms with Crippen molar-refractivity contribution in [2.45, 2.75) is 6.92 Å². The summed E-state index contributed by atoms with van der Waals surface area (Å²) in [6.45, 7) is 2.31. The van der Waals surface area contributed by atoms with Gasteiger partial charge in [0.2, 0.25) is 0 Å². The van der Waals surface area contributed by atoms with Gasteiger partial charge in [0.05, 0.1) is 17.8 Å². The maximum absolute atomic E-state index is 8.81. The summed E-state index contributed by atoms with van der Waals surface area (Å²) < 4.78 is 0. The molecule has 14 heavy (non-hydrogen) atoms. The third-order valence-electron chi connectivity index (χ3n) is 1.65. The molecule has 0 aliphatic carbocycles. The molecule has 0 aliphatic heterocycles. The second kappa shape index (κ2) is 5.17. The van der Waals surface area contributed by atoms with Gasteiger partial charge in [-0.25, -0.2) is 0 Å². The molecule has 0 fully saturated rings. The van der Waals surface area contributed by atoms with Gasteiger partial charge in [-0.05, 0) is 25.1 Å². The molecule has 0 aliphatic rings. The predicted molar refractivity (Wildman–Crippen MR) is 58.1 cm³/mol. The second-order valence-electron chi connectivity index (χ2n) is 2.58. The van der Waals surface area contributed by atoms with E-state index in [1.54, 1.807) is 25.1 Å². The monoisotopic (exact) mass is 204 g/mol. The van der Waals surface area contributed by atoms with Crippen molar-refractivity contribution in [3.63, 3.8) is 0 Å². The van der Waals surface area contributed by atoms with Crippen LogP contribution in [0.5, 0.6) is 0 Å². The highest BCUT2D eigenvalue weighted by Crippen LogP contribution is 2.19. The molecule has 0 atom stereocenters. The fourth-order valence-corrected chi connectivity index (χ4v) is 1.16. The molecule has 0 spiro atoms. The zero-order valence-corrected chi connectivity index (χ0v) is 8.52. The molecule has 0 aromatic heterocycles. The first-order chi connectivity index (χ1) is 6.77. The maximum Gasteiger partial charge on any atom is 0.101 e. The maximum atomic E-state index is 8.81. The van der Waals surface area contributed by atoms with Crippen molar-refractivity contribution in [2.75, 3.05) is 11.9 Å². The number of anilines is 1. The molecule has 0 bridgehead atoms. The van der Waals surface area contributed by atoms with Crippen molar-refractivity contribution < 1.29 is 0 Å². The van der Waals surface area contributed by atoms with E-state index in [-0.39, 0.29) is 0 Å². The van der Waals surface area contributed by atoms with Crippen LogP contribution >= 0.6 is 11.6 Å². The molecule has 0 saturated heterocycles. The van der Waals surface area contributed by atoms with E-state index in [0.29, 0.717) is 17.1 Å². The quantitative estimate of drug-likeness (QED) is 0.752. The van der Waals surface area contributed by atoms with Crippen LogP contribution in [0.3, 0.4) is 0 Å². The summed E-state index contributed by atoms with van der Waals surface area (Å²) in [6, 6.07) is 7.21.